The van der Waals surface area contributed by atoms with Crippen molar-refractivity contribution < 1.29 is 23.1 Å². The van der Waals surface area contributed by atoms with E-state index in [0.29, 0.717) is 5.75 Å². The summed E-state index contributed by atoms with van der Waals surface area (Å²) >= 11 is 7.08. The Morgan fingerprint density at radius 1 is 1.12 bits per heavy atom. The largest absolute Gasteiger partial charge is 0.456 e. The van der Waals surface area contributed by atoms with E-state index >= 15 is 0 Å². The maximum atomic E-state index is 13.5. The maximum absolute atomic E-state index is 13.5. The number of ether oxygens (including phenoxy) is 1. The number of hydrogen-bond acceptors (Lipinski definition) is 4. The zero-order valence-corrected chi connectivity index (χ0v) is 14.5. The zero-order valence-electron chi connectivity index (χ0n) is 12.9. The minimum Gasteiger partial charge on any atom is -0.456 e. The minimum absolute atomic E-state index is 0.0829. The smallest absolute Gasteiger partial charge is 0.307 e. The number of carbonyl (C=O) groups excluding carboxylic acids is 2. The van der Waals surface area contributed by atoms with Crippen molar-refractivity contribution in [3.8, 4) is 0 Å². The molecule has 0 unspecified atom stereocenters. The van der Waals surface area contributed by atoms with E-state index < -0.39 is 24.3 Å². The van der Waals surface area contributed by atoms with E-state index in [2.05, 4.69) is 5.32 Å². The number of halogens is 3. The van der Waals surface area contributed by atoms with Crippen LogP contribution in [0.4, 0.5) is 14.5 Å². The number of carbonyl (C=O) groups is 2. The fourth-order valence-corrected chi connectivity index (χ4v) is 2.79. The van der Waals surface area contributed by atoms with Gasteiger partial charge in [-0.25, -0.2) is 8.78 Å². The van der Waals surface area contributed by atoms with Gasteiger partial charge >= 0.3 is 5.97 Å². The van der Waals surface area contributed by atoms with E-state index in [9.17, 15) is 18.4 Å². The molecule has 0 aliphatic carbocycles. The Hall–Kier alpha value is -2.12. The number of anilines is 1. The molecule has 0 fully saturated rings. The molecule has 2 rings (SSSR count). The molecule has 4 nitrogen and oxygen atoms in total. The molecule has 1 amide bonds. The molecular formula is C17H14ClF2NO3S. The predicted molar refractivity (Wildman–Crippen MR) is 92.7 cm³/mol. The summed E-state index contributed by atoms with van der Waals surface area (Å²) in [4.78, 5) is 24.1. The van der Waals surface area contributed by atoms with Crippen molar-refractivity contribution in [2.45, 2.75) is 11.3 Å². The Morgan fingerprint density at radius 2 is 1.84 bits per heavy atom. The summed E-state index contributed by atoms with van der Waals surface area (Å²) in [6, 6.07) is 9.62. The summed E-state index contributed by atoms with van der Waals surface area (Å²) < 4.78 is 31.1. The van der Waals surface area contributed by atoms with Crippen LogP contribution in [0, 0.1) is 11.6 Å². The number of thioether (sulfide) groups is 1. The molecule has 1 N–H and O–H groups in total. The lowest BCUT2D eigenvalue weighted by molar-refractivity contribution is -0.146. The van der Waals surface area contributed by atoms with E-state index in [-0.39, 0.29) is 22.9 Å². The average molecular weight is 386 g/mol. The fourth-order valence-electron chi connectivity index (χ4n) is 1.78. The fraction of sp³-hybridized carbons (Fsp3) is 0.176. The second-order valence-corrected chi connectivity index (χ2v) is 6.49. The third-order valence-electron chi connectivity index (χ3n) is 2.96. The molecular weight excluding hydrogens is 372 g/mol. The number of amides is 1. The first kappa shape index (κ1) is 19.2. The summed E-state index contributed by atoms with van der Waals surface area (Å²) in [5, 5.41) is 2.55. The van der Waals surface area contributed by atoms with Gasteiger partial charge in [-0.2, -0.15) is 0 Å². The van der Waals surface area contributed by atoms with Crippen molar-refractivity contribution in [1.82, 2.24) is 0 Å². The van der Waals surface area contributed by atoms with Crippen LogP contribution >= 0.6 is 23.4 Å². The molecule has 25 heavy (non-hydrogen) atoms. The van der Waals surface area contributed by atoms with Crippen LogP contribution in [0.15, 0.2) is 47.4 Å². The molecule has 8 heteroatoms. The molecule has 0 radical (unpaired) electrons. The van der Waals surface area contributed by atoms with Gasteiger partial charge in [-0.15, -0.1) is 11.8 Å². The van der Waals surface area contributed by atoms with Gasteiger partial charge in [-0.05, 0) is 42.5 Å². The van der Waals surface area contributed by atoms with E-state index in [4.69, 9.17) is 16.3 Å². The van der Waals surface area contributed by atoms with Gasteiger partial charge in [0.05, 0.1) is 12.1 Å². The van der Waals surface area contributed by atoms with Gasteiger partial charge < -0.3 is 10.1 Å². The van der Waals surface area contributed by atoms with Gasteiger partial charge in [0, 0.05) is 15.7 Å². The maximum Gasteiger partial charge on any atom is 0.307 e. The van der Waals surface area contributed by atoms with Crippen molar-refractivity contribution in [3.63, 3.8) is 0 Å². The van der Waals surface area contributed by atoms with Crippen LogP contribution in [0.25, 0.3) is 0 Å². The van der Waals surface area contributed by atoms with E-state index in [1.807, 2.05) is 0 Å². The number of nitrogens with one attached hydrogen (secondary N) is 1. The first-order chi connectivity index (χ1) is 11.9. The Balaban J connectivity index is 1.69. The normalized spacial score (nSPS) is 10.4. The van der Waals surface area contributed by atoms with Crippen LogP contribution in [0.5, 0.6) is 0 Å². The standard InChI is InChI=1S/C17H14ClF2NO3S/c18-11-1-6-14(20)15(9-11)21-16(22)10-24-17(23)7-8-25-13-4-2-12(19)3-5-13/h1-6,9H,7-8,10H2,(H,21,22). The second-order valence-electron chi connectivity index (χ2n) is 4.89. The van der Waals surface area contributed by atoms with E-state index in [1.54, 1.807) is 12.1 Å². The number of hydrogen-bond donors (Lipinski definition) is 1. The third-order valence-corrected chi connectivity index (χ3v) is 4.20. The highest BCUT2D eigenvalue weighted by atomic mass is 35.5. The van der Waals surface area contributed by atoms with Crippen LogP contribution in [0.3, 0.4) is 0 Å². The molecule has 0 aromatic heterocycles. The highest BCUT2D eigenvalue weighted by molar-refractivity contribution is 7.99. The molecule has 0 saturated carbocycles. The Kier molecular flexibility index (Phi) is 7.21. The summed E-state index contributed by atoms with van der Waals surface area (Å²) in [7, 11) is 0. The first-order valence-corrected chi connectivity index (χ1v) is 8.59. The summed E-state index contributed by atoms with van der Waals surface area (Å²) in [5.74, 6) is -1.77. The van der Waals surface area contributed by atoms with Crippen LogP contribution in [-0.4, -0.2) is 24.2 Å². The SMILES string of the molecule is O=C(COC(=O)CCSc1ccc(F)cc1)Nc1cc(Cl)ccc1F. The quantitative estimate of drug-likeness (QED) is 0.571. The van der Waals surface area contributed by atoms with Crippen molar-refractivity contribution in [2.24, 2.45) is 0 Å². The topological polar surface area (TPSA) is 55.4 Å². The monoisotopic (exact) mass is 385 g/mol. The molecule has 0 bridgehead atoms. The van der Waals surface area contributed by atoms with Gasteiger partial charge in [0.15, 0.2) is 6.61 Å². The minimum atomic E-state index is -0.666. The van der Waals surface area contributed by atoms with Crippen LogP contribution in [-0.2, 0) is 14.3 Å². The number of benzene rings is 2. The second kappa shape index (κ2) is 9.39. The lowest BCUT2D eigenvalue weighted by Crippen LogP contribution is -2.21. The Labute approximate surface area is 152 Å². The highest BCUT2D eigenvalue weighted by Gasteiger charge is 2.11. The van der Waals surface area contributed by atoms with Crippen LogP contribution in [0.1, 0.15) is 6.42 Å². The summed E-state index contributed by atoms with van der Waals surface area (Å²) in [5.41, 5.74) is -0.0829. The number of esters is 1. The molecule has 0 spiro atoms. The van der Waals surface area contributed by atoms with Crippen molar-refractivity contribution in [1.29, 1.82) is 0 Å². The van der Waals surface area contributed by atoms with Crippen molar-refractivity contribution in [2.75, 3.05) is 17.7 Å². The molecule has 132 valence electrons. The lowest BCUT2D eigenvalue weighted by Gasteiger charge is -2.08. The molecule has 0 aliphatic heterocycles. The molecule has 0 atom stereocenters. The number of rotatable bonds is 7. The lowest BCUT2D eigenvalue weighted by atomic mass is 10.3. The average Bonchev–Trinajstić information content (AvgIpc) is 2.58. The summed E-state index contributed by atoms with van der Waals surface area (Å²) in [6.07, 6.45) is 0.0842. The molecule has 0 saturated heterocycles. The zero-order chi connectivity index (χ0) is 18.2. The summed E-state index contributed by atoms with van der Waals surface area (Å²) in [6.45, 7) is -0.522. The van der Waals surface area contributed by atoms with Gasteiger partial charge in [0.25, 0.3) is 5.91 Å². The van der Waals surface area contributed by atoms with Crippen LogP contribution < -0.4 is 5.32 Å². The van der Waals surface area contributed by atoms with E-state index in [0.717, 1.165) is 11.0 Å². The highest BCUT2D eigenvalue weighted by Crippen LogP contribution is 2.20. The molecule has 2 aromatic rings. The Morgan fingerprint density at radius 3 is 2.56 bits per heavy atom. The van der Waals surface area contributed by atoms with Gasteiger partial charge in [0.2, 0.25) is 0 Å². The van der Waals surface area contributed by atoms with Gasteiger partial charge in [0.1, 0.15) is 11.6 Å². The van der Waals surface area contributed by atoms with Crippen molar-refractivity contribution >= 4 is 40.9 Å². The van der Waals surface area contributed by atoms with Gasteiger partial charge in [-0.3, -0.25) is 9.59 Å². The third kappa shape index (κ3) is 6.72. The van der Waals surface area contributed by atoms with Gasteiger partial charge in [-0.1, -0.05) is 11.6 Å². The van der Waals surface area contributed by atoms with Crippen LogP contribution in [0.2, 0.25) is 5.02 Å². The predicted octanol–water partition coefficient (Wildman–Crippen LogP) is 4.28. The first-order valence-electron chi connectivity index (χ1n) is 7.23. The van der Waals surface area contributed by atoms with E-state index in [1.165, 1.54) is 36.0 Å². The Bertz CT molecular complexity index is 756. The van der Waals surface area contributed by atoms with Crippen molar-refractivity contribution in [3.05, 3.63) is 59.1 Å². The molecule has 0 heterocycles. The molecule has 0 aliphatic rings. The molecule has 2 aromatic carbocycles.